The monoisotopic (exact) mass is 394 g/mol. The average Bonchev–Trinajstić information content (AvgIpc) is 2.98. The van der Waals surface area contributed by atoms with Gasteiger partial charge < -0.3 is 4.74 Å². The fraction of sp³-hybridized carbons (Fsp3) is 0.238. The number of thioether (sulfide) groups is 1. The predicted octanol–water partition coefficient (Wildman–Crippen LogP) is 3.02. The van der Waals surface area contributed by atoms with Gasteiger partial charge in [-0.3, -0.25) is 14.5 Å². The van der Waals surface area contributed by atoms with Crippen molar-refractivity contribution in [1.29, 1.82) is 5.26 Å². The van der Waals surface area contributed by atoms with Crippen LogP contribution in [-0.4, -0.2) is 40.7 Å². The molecule has 2 aromatic rings. The number of carbonyl (C=O) groups excluding carboxylic acids is 3. The Bertz CT molecular complexity index is 915. The quantitative estimate of drug-likeness (QED) is 0.530. The number of rotatable bonds is 7. The molecule has 0 radical (unpaired) electrons. The summed E-state index contributed by atoms with van der Waals surface area (Å²) in [6.07, 6.45) is 2.21. The first-order chi connectivity index (χ1) is 13.6. The molecule has 0 fully saturated rings. The van der Waals surface area contributed by atoms with Crippen LogP contribution in [0.25, 0.3) is 0 Å². The van der Waals surface area contributed by atoms with Gasteiger partial charge in [0.2, 0.25) is 0 Å². The van der Waals surface area contributed by atoms with Crippen LogP contribution in [0, 0.1) is 11.3 Å². The maximum atomic E-state index is 12.7. The molecule has 2 amide bonds. The lowest BCUT2D eigenvalue weighted by atomic mass is 10.1. The maximum Gasteiger partial charge on any atom is 0.329 e. The first-order valence-electron chi connectivity index (χ1n) is 8.68. The molecule has 1 aliphatic rings. The topological polar surface area (TPSA) is 87.5 Å². The van der Waals surface area contributed by atoms with E-state index in [2.05, 4.69) is 0 Å². The molecule has 0 unspecified atom stereocenters. The van der Waals surface area contributed by atoms with Crippen LogP contribution in [0.3, 0.4) is 0 Å². The average molecular weight is 394 g/mol. The van der Waals surface area contributed by atoms with E-state index in [0.29, 0.717) is 28.9 Å². The molecule has 2 aromatic carbocycles. The van der Waals surface area contributed by atoms with Crippen molar-refractivity contribution in [1.82, 2.24) is 4.90 Å². The minimum atomic E-state index is -0.974. The van der Waals surface area contributed by atoms with Gasteiger partial charge in [0, 0.05) is 0 Å². The van der Waals surface area contributed by atoms with Crippen LogP contribution >= 0.6 is 11.8 Å². The summed E-state index contributed by atoms with van der Waals surface area (Å²) in [7, 11) is 0. The Morgan fingerprint density at radius 2 is 1.71 bits per heavy atom. The third-order valence-corrected chi connectivity index (χ3v) is 5.11. The molecule has 0 aromatic heterocycles. The van der Waals surface area contributed by atoms with E-state index in [-0.39, 0.29) is 6.61 Å². The van der Waals surface area contributed by atoms with E-state index in [1.165, 1.54) is 11.8 Å². The van der Waals surface area contributed by atoms with Crippen molar-refractivity contribution in [3.8, 4) is 6.07 Å². The van der Waals surface area contributed by atoms with Gasteiger partial charge in [-0.25, -0.2) is 4.79 Å². The van der Waals surface area contributed by atoms with Gasteiger partial charge in [0.25, 0.3) is 11.8 Å². The van der Waals surface area contributed by atoms with Crippen molar-refractivity contribution in [2.75, 3.05) is 12.0 Å². The molecule has 7 heteroatoms. The van der Waals surface area contributed by atoms with E-state index < -0.39 is 23.8 Å². The molecule has 1 heterocycles. The van der Waals surface area contributed by atoms with Gasteiger partial charge in [-0.15, -0.1) is 0 Å². The smallest absolute Gasteiger partial charge is 0.329 e. The van der Waals surface area contributed by atoms with E-state index in [4.69, 9.17) is 10.00 Å². The van der Waals surface area contributed by atoms with Gasteiger partial charge in [0.1, 0.15) is 12.6 Å². The normalized spacial score (nSPS) is 13.8. The number of carbonyl (C=O) groups is 3. The number of benzene rings is 2. The molecular formula is C21H18N2O4S. The zero-order chi connectivity index (χ0) is 20.1. The molecule has 0 bridgehead atoms. The molecule has 0 N–H and O–H groups in total. The minimum absolute atomic E-state index is 0.00345. The van der Waals surface area contributed by atoms with Gasteiger partial charge in [-0.05, 0) is 48.3 Å². The van der Waals surface area contributed by atoms with Gasteiger partial charge in [-0.1, -0.05) is 24.3 Å². The van der Waals surface area contributed by atoms with Crippen LogP contribution < -0.4 is 0 Å². The lowest BCUT2D eigenvalue weighted by Crippen LogP contribution is -2.46. The molecule has 1 atom stereocenters. The van der Waals surface area contributed by atoms with Gasteiger partial charge >= 0.3 is 5.97 Å². The predicted molar refractivity (Wildman–Crippen MR) is 105 cm³/mol. The molecular weight excluding hydrogens is 376 g/mol. The minimum Gasteiger partial charge on any atom is -0.459 e. The lowest BCUT2D eigenvalue weighted by Gasteiger charge is -2.24. The zero-order valence-corrected chi connectivity index (χ0v) is 16.1. The Morgan fingerprint density at radius 3 is 2.25 bits per heavy atom. The summed E-state index contributed by atoms with van der Waals surface area (Å²) in [6.45, 7) is 0.00345. The number of esters is 1. The second-order valence-corrected chi connectivity index (χ2v) is 7.23. The Kier molecular flexibility index (Phi) is 6.12. The Labute approximate surface area is 167 Å². The lowest BCUT2D eigenvalue weighted by molar-refractivity contribution is -0.149. The van der Waals surface area contributed by atoms with Crippen LogP contribution in [0.1, 0.15) is 38.3 Å². The van der Waals surface area contributed by atoms with E-state index in [0.717, 1.165) is 10.5 Å². The fourth-order valence-electron chi connectivity index (χ4n) is 3.00. The molecule has 28 heavy (non-hydrogen) atoms. The summed E-state index contributed by atoms with van der Waals surface area (Å²) < 4.78 is 5.39. The number of nitrogens with zero attached hydrogens (tertiary/aromatic N) is 2. The summed E-state index contributed by atoms with van der Waals surface area (Å²) in [5, 5.41) is 8.84. The van der Waals surface area contributed by atoms with Crippen LogP contribution in [0.4, 0.5) is 0 Å². The number of nitriles is 1. The zero-order valence-electron chi connectivity index (χ0n) is 15.3. The number of ether oxygens (including phenoxy) is 1. The molecule has 3 rings (SSSR count). The molecule has 1 aliphatic heterocycles. The third kappa shape index (κ3) is 3.92. The van der Waals surface area contributed by atoms with Crippen LogP contribution in [0.15, 0.2) is 48.5 Å². The van der Waals surface area contributed by atoms with Gasteiger partial charge in [0.15, 0.2) is 0 Å². The van der Waals surface area contributed by atoms with Gasteiger partial charge in [0.05, 0.1) is 22.8 Å². The van der Waals surface area contributed by atoms with Crippen molar-refractivity contribution in [2.45, 2.75) is 19.1 Å². The number of hydrogen-bond donors (Lipinski definition) is 0. The second-order valence-electron chi connectivity index (χ2n) is 6.24. The number of imide groups is 1. The highest BCUT2D eigenvalue weighted by Crippen LogP contribution is 2.26. The summed E-state index contributed by atoms with van der Waals surface area (Å²) in [5.74, 6) is -0.957. The highest BCUT2D eigenvalue weighted by molar-refractivity contribution is 7.98. The standard InChI is InChI=1S/C21H18N2O4S/c1-28-11-10-18(21(26)27-13-15-8-6-14(12-22)7-9-15)23-19(24)16-4-2-3-5-17(16)20(23)25/h2-9,18H,10-11,13H2,1H3/t18-/m1/s1. The van der Waals surface area contributed by atoms with Crippen molar-refractivity contribution < 1.29 is 19.1 Å². The van der Waals surface area contributed by atoms with Crippen molar-refractivity contribution in [3.63, 3.8) is 0 Å². The van der Waals surface area contributed by atoms with Gasteiger partial charge in [-0.2, -0.15) is 17.0 Å². The molecule has 6 nitrogen and oxygen atoms in total. The first-order valence-corrected chi connectivity index (χ1v) is 10.1. The summed E-state index contributed by atoms with van der Waals surface area (Å²) in [5.41, 5.74) is 1.85. The largest absolute Gasteiger partial charge is 0.459 e. The van der Waals surface area contributed by atoms with Crippen LogP contribution in [0.2, 0.25) is 0 Å². The molecule has 0 saturated heterocycles. The van der Waals surface area contributed by atoms with Crippen molar-refractivity contribution in [2.24, 2.45) is 0 Å². The van der Waals surface area contributed by atoms with Crippen LogP contribution in [0.5, 0.6) is 0 Å². The van der Waals surface area contributed by atoms with Crippen molar-refractivity contribution >= 4 is 29.5 Å². The van der Waals surface area contributed by atoms with E-state index in [1.54, 1.807) is 48.5 Å². The van der Waals surface area contributed by atoms with Crippen LogP contribution in [-0.2, 0) is 16.1 Å². The third-order valence-electron chi connectivity index (χ3n) is 4.47. The van der Waals surface area contributed by atoms with Crippen molar-refractivity contribution in [3.05, 3.63) is 70.8 Å². The summed E-state index contributed by atoms with van der Waals surface area (Å²) in [4.78, 5) is 39.2. The summed E-state index contributed by atoms with van der Waals surface area (Å²) in [6, 6.07) is 14.3. The Morgan fingerprint density at radius 1 is 1.11 bits per heavy atom. The second kappa shape index (κ2) is 8.72. The molecule has 0 aliphatic carbocycles. The highest BCUT2D eigenvalue weighted by Gasteiger charge is 2.43. The van der Waals surface area contributed by atoms with E-state index >= 15 is 0 Å². The highest BCUT2D eigenvalue weighted by atomic mass is 32.2. The maximum absolute atomic E-state index is 12.7. The van der Waals surface area contributed by atoms with E-state index in [9.17, 15) is 14.4 Å². The molecule has 142 valence electrons. The number of hydrogen-bond acceptors (Lipinski definition) is 6. The molecule has 0 saturated carbocycles. The number of amides is 2. The SMILES string of the molecule is CSCC[C@H](C(=O)OCc1ccc(C#N)cc1)N1C(=O)c2ccccc2C1=O. The summed E-state index contributed by atoms with van der Waals surface area (Å²) >= 11 is 1.52. The number of fused-ring (bicyclic) bond motifs is 1. The fourth-order valence-corrected chi connectivity index (χ4v) is 3.46. The molecule has 0 spiro atoms. The first kappa shape index (κ1) is 19.6. The Hall–Kier alpha value is -3.11. The Balaban J connectivity index is 1.76. The van der Waals surface area contributed by atoms with E-state index in [1.807, 2.05) is 12.3 Å².